The van der Waals surface area contributed by atoms with Crippen molar-refractivity contribution in [2.24, 2.45) is 5.73 Å². The normalized spacial score (nSPS) is 25.3. The number of methoxy groups -OCH3 is 2. The maximum atomic E-state index is 10.9. The van der Waals surface area contributed by atoms with E-state index in [-0.39, 0.29) is 11.9 Å². The van der Waals surface area contributed by atoms with Gasteiger partial charge in [0.25, 0.3) is 0 Å². The molecule has 0 aromatic heterocycles. The Balaban J connectivity index is 2.51. The fourth-order valence-electron chi connectivity index (χ4n) is 1.24. The van der Waals surface area contributed by atoms with E-state index in [1.54, 1.807) is 0 Å². The molecule has 0 unspecified atom stereocenters. The van der Waals surface area contributed by atoms with Crippen LogP contribution in [0.25, 0.3) is 0 Å². The van der Waals surface area contributed by atoms with Crippen LogP contribution in [-0.4, -0.2) is 38.2 Å². The molecule has 1 aliphatic heterocycles. The largest absolute Gasteiger partial charge is 0.501 e. The number of nitrogens with one attached hydrogen (secondary N) is 1. The predicted octanol–water partition coefficient (Wildman–Crippen LogP) is -1.09. The number of amides is 1. The molecule has 0 spiro atoms. The van der Waals surface area contributed by atoms with Gasteiger partial charge in [-0.1, -0.05) is 0 Å². The first-order chi connectivity index (χ1) is 7.08. The van der Waals surface area contributed by atoms with Crippen molar-refractivity contribution in [3.63, 3.8) is 0 Å². The van der Waals surface area contributed by atoms with Crippen LogP contribution < -0.4 is 11.1 Å². The minimum absolute atomic E-state index is 0.173. The van der Waals surface area contributed by atoms with E-state index < -0.39 is 12.0 Å². The average molecular weight is 214 g/mol. The Labute approximate surface area is 87.4 Å². The minimum Gasteiger partial charge on any atom is -0.501 e. The second kappa shape index (κ2) is 4.79. The molecule has 0 aliphatic carbocycles. The van der Waals surface area contributed by atoms with Gasteiger partial charge in [-0.25, -0.2) is 4.79 Å². The van der Waals surface area contributed by atoms with Crippen LogP contribution in [0, 0.1) is 0 Å². The zero-order valence-electron chi connectivity index (χ0n) is 8.65. The smallest absolute Gasteiger partial charge is 0.333 e. The van der Waals surface area contributed by atoms with Crippen LogP contribution in [0.1, 0.15) is 6.42 Å². The molecule has 1 rings (SSSR count). The van der Waals surface area contributed by atoms with Crippen LogP contribution in [0.5, 0.6) is 0 Å². The predicted molar refractivity (Wildman–Crippen MR) is 51.6 cm³/mol. The van der Waals surface area contributed by atoms with Crippen molar-refractivity contribution in [1.82, 2.24) is 5.32 Å². The van der Waals surface area contributed by atoms with Gasteiger partial charge in [-0.2, -0.15) is 0 Å². The third-order valence-electron chi connectivity index (χ3n) is 2.23. The molecule has 0 aromatic rings. The summed E-state index contributed by atoms with van der Waals surface area (Å²) in [5, 5.41) is 2.61. The molecule has 1 heterocycles. The average Bonchev–Trinajstić information content (AvgIpc) is 2.26. The van der Waals surface area contributed by atoms with Crippen LogP contribution in [0.2, 0.25) is 0 Å². The van der Waals surface area contributed by atoms with Crippen molar-refractivity contribution in [3.8, 4) is 0 Å². The maximum Gasteiger partial charge on any atom is 0.333 e. The number of carbonyl (C=O) groups excluding carboxylic acids is 2. The molecule has 0 saturated carbocycles. The van der Waals surface area contributed by atoms with Gasteiger partial charge < -0.3 is 20.5 Å². The van der Waals surface area contributed by atoms with E-state index in [0.717, 1.165) is 0 Å². The van der Waals surface area contributed by atoms with E-state index in [1.165, 1.54) is 20.3 Å². The summed E-state index contributed by atoms with van der Waals surface area (Å²) < 4.78 is 9.42. The number of nitrogens with two attached hydrogens (primary N) is 1. The second-order valence-electron chi connectivity index (χ2n) is 3.18. The second-order valence-corrected chi connectivity index (χ2v) is 3.18. The molecule has 1 amide bonds. The standard InChI is InChI=1S/C9H14N2O4/c1-14-5(4-7(12)15-2)3-6-8(10)9(13)11-6/h4,6,8H,3,10H2,1-2H3,(H,11,13)/b5-4-/t6-,8-/m1/s1. The van der Waals surface area contributed by atoms with Gasteiger partial charge in [-0.15, -0.1) is 0 Å². The van der Waals surface area contributed by atoms with Gasteiger partial charge in [0.2, 0.25) is 5.91 Å². The highest BCUT2D eigenvalue weighted by Crippen LogP contribution is 2.14. The van der Waals surface area contributed by atoms with Crippen LogP contribution in [0.15, 0.2) is 11.8 Å². The molecule has 0 radical (unpaired) electrons. The molecule has 0 bridgehead atoms. The van der Waals surface area contributed by atoms with Crippen LogP contribution in [0.3, 0.4) is 0 Å². The van der Waals surface area contributed by atoms with Crippen LogP contribution in [0.4, 0.5) is 0 Å². The van der Waals surface area contributed by atoms with Gasteiger partial charge >= 0.3 is 5.97 Å². The van der Waals surface area contributed by atoms with E-state index in [4.69, 9.17) is 10.5 Å². The van der Waals surface area contributed by atoms with Crippen molar-refractivity contribution in [2.45, 2.75) is 18.5 Å². The van der Waals surface area contributed by atoms with Gasteiger partial charge in [-0.05, 0) is 0 Å². The monoisotopic (exact) mass is 214 g/mol. The Bertz CT molecular complexity index is 300. The Kier molecular flexibility index (Phi) is 3.68. The minimum atomic E-state index is -0.527. The lowest BCUT2D eigenvalue weighted by Gasteiger charge is -2.34. The van der Waals surface area contributed by atoms with Gasteiger partial charge in [-0.3, -0.25) is 4.79 Å². The number of carbonyl (C=O) groups is 2. The lowest BCUT2D eigenvalue weighted by molar-refractivity contribution is -0.135. The van der Waals surface area contributed by atoms with Crippen molar-refractivity contribution in [1.29, 1.82) is 0 Å². The molecule has 6 nitrogen and oxygen atoms in total. The number of ether oxygens (including phenoxy) is 2. The Morgan fingerprint density at radius 1 is 1.53 bits per heavy atom. The molecule has 1 aliphatic rings. The lowest BCUT2D eigenvalue weighted by Crippen LogP contribution is -2.66. The number of rotatable bonds is 4. The van der Waals surface area contributed by atoms with Gasteiger partial charge in [0, 0.05) is 6.42 Å². The topological polar surface area (TPSA) is 90.7 Å². The highest BCUT2D eigenvalue weighted by molar-refractivity contribution is 5.89. The molecule has 1 fully saturated rings. The third-order valence-corrected chi connectivity index (χ3v) is 2.23. The first-order valence-electron chi connectivity index (χ1n) is 4.47. The summed E-state index contributed by atoms with van der Waals surface area (Å²) in [5.74, 6) is -0.248. The van der Waals surface area contributed by atoms with E-state index in [2.05, 4.69) is 10.1 Å². The molecule has 6 heteroatoms. The van der Waals surface area contributed by atoms with E-state index >= 15 is 0 Å². The molecule has 2 atom stereocenters. The Morgan fingerprint density at radius 3 is 2.60 bits per heavy atom. The van der Waals surface area contributed by atoms with E-state index in [9.17, 15) is 9.59 Å². The first-order valence-corrected chi connectivity index (χ1v) is 4.47. The van der Waals surface area contributed by atoms with Crippen molar-refractivity contribution in [2.75, 3.05) is 14.2 Å². The zero-order chi connectivity index (χ0) is 11.4. The molecule has 1 saturated heterocycles. The molecule has 15 heavy (non-hydrogen) atoms. The summed E-state index contributed by atoms with van der Waals surface area (Å²) in [7, 11) is 2.73. The van der Waals surface area contributed by atoms with Gasteiger partial charge in [0.1, 0.15) is 11.8 Å². The number of hydrogen-bond acceptors (Lipinski definition) is 5. The lowest BCUT2D eigenvalue weighted by atomic mass is 9.96. The summed E-state index contributed by atoms with van der Waals surface area (Å²) in [5.41, 5.74) is 5.52. The number of esters is 1. The van der Waals surface area contributed by atoms with Crippen LogP contribution in [-0.2, 0) is 19.1 Å². The number of hydrogen-bond donors (Lipinski definition) is 2. The maximum absolute atomic E-state index is 10.9. The molecule has 0 aromatic carbocycles. The quantitative estimate of drug-likeness (QED) is 0.268. The van der Waals surface area contributed by atoms with Gasteiger partial charge in [0.05, 0.1) is 26.3 Å². The van der Waals surface area contributed by atoms with E-state index in [1.807, 2.05) is 0 Å². The first kappa shape index (κ1) is 11.5. The SMILES string of the molecule is COC(=O)/C=C(/C[C@H]1NC(=O)[C@@H]1N)OC. The third kappa shape index (κ3) is 2.69. The summed E-state index contributed by atoms with van der Waals surface area (Å²) >= 11 is 0. The highest BCUT2D eigenvalue weighted by Gasteiger charge is 2.36. The summed E-state index contributed by atoms with van der Waals surface area (Å²) in [6, 6.07) is -0.699. The molecule has 3 N–H and O–H groups in total. The summed E-state index contributed by atoms with van der Waals surface area (Å²) in [6.07, 6.45) is 1.62. The summed E-state index contributed by atoms with van der Waals surface area (Å²) in [6.45, 7) is 0. The van der Waals surface area contributed by atoms with Crippen LogP contribution >= 0.6 is 0 Å². The zero-order valence-corrected chi connectivity index (χ0v) is 8.65. The molecule has 84 valence electrons. The van der Waals surface area contributed by atoms with Gasteiger partial charge in [0.15, 0.2) is 0 Å². The van der Waals surface area contributed by atoms with Crippen molar-refractivity contribution >= 4 is 11.9 Å². The number of β-lactam (4-membered cyclic amide) rings is 1. The van der Waals surface area contributed by atoms with Crippen molar-refractivity contribution in [3.05, 3.63) is 11.8 Å². The Hall–Kier alpha value is -1.56. The fraction of sp³-hybridized carbons (Fsp3) is 0.556. The Morgan fingerprint density at radius 2 is 2.20 bits per heavy atom. The molecular formula is C9H14N2O4. The fourth-order valence-corrected chi connectivity index (χ4v) is 1.24. The highest BCUT2D eigenvalue weighted by atomic mass is 16.5. The molecular weight excluding hydrogens is 200 g/mol. The summed E-state index contributed by atoms with van der Waals surface area (Å²) in [4.78, 5) is 21.7. The van der Waals surface area contributed by atoms with E-state index in [0.29, 0.717) is 12.2 Å². The van der Waals surface area contributed by atoms with Crippen molar-refractivity contribution < 1.29 is 19.1 Å².